The number of rotatable bonds is 5. The summed E-state index contributed by atoms with van der Waals surface area (Å²) in [5.41, 5.74) is 5.50. The second-order valence-electron chi connectivity index (χ2n) is 3.72. The number of ether oxygens (including phenoxy) is 1. The highest BCUT2D eigenvalue weighted by Gasteiger charge is 2.29. The van der Waals surface area contributed by atoms with Crippen molar-refractivity contribution in [2.24, 2.45) is 0 Å². The van der Waals surface area contributed by atoms with Gasteiger partial charge in [-0.25, -0.2) is 9.97 Å². The third kappa shape index (κ3) is 2.56. The van der Waals surface area contributed by atoms with Gasteiger partial charge in [-0.3, -0.25) is 0 Å². The van der Waals surface area contributed by atoms with Gasteiger partial charge in [-0.2, -0.15) is 0 Å². The van der Waals surface area contributed by atoms with E-state index in [1.165, 1.54) is 12.8 Å². The van der Waals surface area contributed by atoms with Gasteiger partial charge in [0.25, 0.3) is 0 Å². The molecule has 0 saturated heterocycles. The Balaban J connectivity index is 2.06. The molecule has 15 heavy (non-hydrogen) atoms. The number of anilines is 2. The zero-order chi connectivity index (χ0) is 10.7. The van der Waals surface area contributed by atoms with E-state index in [1.807, 2.05) is 0 Å². The van der Waals surface area contributed by atoms with Gasteiger partial charge in [0.05, 0.1) is 19.0 Å². The molecule has 0 aliphatic heterocycles. The van der Waals surface area contributed by atoms with Crippen LogP contribution in [0.4, 0.5) is 11.6 Å². The summed E-state index contributed by atoms with van der Waals surface area (Å²) >= 11 is 0. The summed E-state index contributed by atoms with van der Waals surface area (Å²) in [6, 6.07) is 0.609. The maximum Gasteiger partial charge on any atom is 0.147 e. The number of methoxy groups -OCH3 is 1. The van der Waals surface area contributed by atoms with E-state index < -0.39 is 0 Å². The molecule has 1 saturated carbocycles. The van der Waals surface area contributed by atoms with Gasteiger partial charge in [0.1, 0.15) is 11.6 Å². The number of nitrogens with two attached hydrogens (primary N) is 1. The van der Waals surface area contributed by atoms with Crippen LogP contribution in [0.15, 0.2) is 12.4 Å². The van der Waals surface area contributed by atoms with Crippen molar-refractivity contribution in [1.29, 1.82) is 0 Å². The van der Waals surface area contributed by atoms with Crippen molar-refractivity contribution in [2.75, 3.05) is 30.9 Å². The van der Waals surface area contributed by atoms with Crippen molar-refractivity contribution >= 4 is 11.6 Å². The molecule has 1 aliphatic rings. The SMILES string of the molecule is COCCN(c1cnc(N)cn1)C1CC1. The van der Waals surface area contributed by atoms with Gasteiger partial charge in [0, 0.05) is 19.7 Å². The summed E-state index contributed by atoms with van der Waals surface area (Å²) in [5, 5.41) is 0. The van der Waals surface area contributed by atoms with Crippen LogP contribution in [0.5, 0.6) is 0 Å². The standard InChI is InChI=1S/C10H16N4O/c1-15-5-4-14(8-2-3-8)10-7-12-9(11)6-13-10/h6-8H,2-5H2,1H3,(H2,11,12). The minimum absolute atomic E-state index is 0.459. The number of hydrogen-bond acceptors (Lipinski definition) is 5. The van der Waals surface area contributed by atoms with Gasteiger partial charge in [0.15, 0.2) is 0 Å². The van der Waals surface area contributed by atoms with E-state index in [1.54, 1.807) is 19.5 Å². The molecule has 2 N–H and O–H groups in total. The van der Waals surface area contributed by atoms with Gasteiger partial charge in [0.2, 0.25) is 0 Å². The molecule has 5 nitrogen and oxygen atoms in total. The Morgan fingerprint density at radius 1 is 1.47 bits per heavy atom. The number of nitrogens with zero attached hydrogens (tertiary/aromatic N) is 3. The van der Waals surface area contributed by atoms with Gasteiger partial charge >= 0.3 is 0 Å². The topological polar surface area (TPSA) is 64.3 Å². The van der Waals surface area contributed by atoms with Crippen LogP contribution in [-0.4, -0.2) is 36.3 Å². The Kier molecular flexibility index (Phi) is 3.01. The number of hydrogen-bond donors (Lipinski definition) is 1. The lowest BCUT2D eigenvalue weighted by molar-refractivity contribution is 0.204. The van der Waals surface area contributed by atoms with Crippen molar-refractivity contribution in [1.82, 2.24) is 9.97 Å². The number of aromatic nitrogens is 2. The van der Waals surface area contributed by atoms with Crippen LogP contribution in [0, 0.1) is 0 Å². The fourth-order valence-electron chi connectivity index (χ4n) is 1.54. The molecule has 5 heteroatoms. The monoisotopic (exact) mass is 208 g/mol. The van der Waals surface area contributed by atoms with Crippen LogP contribution < -0.4 is 10.6 Å². The molecule has 1 aromatic rings. The Morgan fingerprint density at radius 3 is 2.80 bits per heavy atom. The molecule has 2 rings (SSSR count). The van der Waals surface area contributed by atoms with Gasteiger partial charge in [-0.1, -0.05) is 0 Å². The van der Waals surface area contributed by atoms with Crippen LogP contribution in [-0.2, 0) is 4.74 Å². The minimum Gasteiger partial charge on any atom is -0.383 e. The van der Waals surface area contributed by atoms with E-state index >= 15 is 0 Å². The highest BCUT2D eigenvalue weighted by atomic mass is 16.5. The first kappa shape index (κ1) is 10.2. The van der Waals surface area contributed by atoms with E-state index in [2.05, 4.69) is 14.9 Å². The fraction of sp³-hybridized carbons (Fsp3) is 0.600. The molecule has 0 spiro atoms. The van der Waals surface area contributed by atoms with Crippen molar-refractivity contribution in [3.63, 3.8) is 0 Å². The third-order valence-corrected chi connectivity index (χ3v) is 2.48. The predicted octanol–water partition coefficient (Wildman–Crippen LogP) is 0.674. The van der Waals surface area contributed by atoms with Crippen LogP contribution in [0.3, 0.4) is 0 Å². The van der Waals surface area contributed by atoms with Crippen molar-refractivity contribution in [3.8, 4) is 0 Å². The van der Waals surface area contributed by atoms with Gasteiger partial charge in [-0.05, 0) is 12.8 Å². The zero-order valence-electron chi connectivity index (χ0n) is 8.89. The molecule has 1 aliphatic carbocycles. The van der Waals surface area contributed by atoms with Crippen LogP contribution >= 0.6 is 0 Å². The summed E-state index contributed by atoms with van der Waals surface area (Å²) in [6.45, 7) is 1.57. The number of nitrogen functional groups attached to an aromatic ring is 1. The maximum atomic E-state index is 5.50. The minimum atomic E-state index is 0.459. The van der Waals surface area contributed by atoms with Gasteiger partial charge in [-0.15, -0.1) is 0 Å². The highest BCUT2D eigenvalue weighted by Crippen LogP contribution is 2.29. The molecule has 0 amide bonds. The lowest BCUT2D eigenvalue weighted by Crippen LogP contribution is -2.30. The molecular weight excluding hydrogens is 192 g/mol. The normalized spacial score (nSPS) is 15.3. The largest absolute Gasteiger partial charge is 0.383 e. The first-order chi connectivity index (χ1) is 7.31. The summed E-state index contributed by atoms with van der Waals surface area (Å²) < 4.78 is 5.08. The van der Waals surface area contributed by atoms with Crippen LogP contribution in [0.1, 0.15) is 12.8 Å². The Bertz CT molecular complexity index is 310. The summed E-state index contributed by atoms with van der Waals surface area (Å²) in [6.07, 6.45) is 5.78. The molecule has 0 unspecified atom stereocenters. The Morgan fingerprint density at radius 2 is 2.27 bits per heavy atom. The molecule has 0 atom stereocenters. The Hall–Kier alpha value is -1.36. The van der Waals surface area contributed by atoms with Gasteiger partial charge < -0.3 is 15.4 Å². The summed E-state index contributed by atoms with van der Waals surface area (Å²) in [5.74, 6) is 1.35. The lowest BCUT2D eigenvalue weighted by Gasteiger charge is -2.22. The van der Waals surface area contributed by atoms with Crippen LogP contribution in [0.25, 0.3) is 0 Å². The predicted molar refractivity (Wildman–Crippen MR) is 58.7 cm³/mol. The Labute approximate surface area is 89.3 Å². The van der Waals surface area contributed by atoms with Crippen molar-refractivity contribution in [2.45, 2.75) is 18.9 Å². The highest BCUT2D eigenvalue weighted by molar-refractivity contribution is 5.41. The van der Waals surface area contributed by atoms with E-state index in [0.717, 1.165) is 12.4 Å². The smallest absolute Gasteiger partial charge is 0.147 e. The quantitative estimate of drug-likeness (QED) is 0.770. The van der Waals surface area contributed by atoms with E-state index in [-0.39, 0.29) is 0 Å². The second-order valence-corrected chi connectivity index (χ2v) is 3.72. The zero-order valence-corrected chi connectivity index (χ0v) is 8.89. The molecule has 82 valence electrons. The van der Waals surface area contributed by atoms with Crippen molar-refractivity contribution in [3.05, 3.63) is 12.4 Å². The third-order valence-electron chi connectivity index (χ3n) is 2.48. The maximum absolute atomic E-state index is 5.50. The fourth-order valence-corrected chi connectivity index (χ4v) is 1.54. The van der Waals surface area contributed by atoms with Crippen LogP contribution in [0.2, 0.25) is 0 Å². The van der Waals surface area contributed by atoms with E-state index in [0.29, 0.717) is 18.5 Å². The summed E-state index contributed by atoms with van der Waals surface area (Å²) in [4.78, 5) is 10.6. The molecule has 0 radical (unpaired) electrons. The molecule has 1 aromatic heterocycles. The summed E-state index contributed by atoms with van der Waals surface area (Å²) in [7, 11) is 1.71. The average Bonchev–Trinajstić information content (AvgIpc) is 3.05. The van der Waals surface area contributed by atoms with Crippen molar-refractivity contribution < 1.29 is 4.74 Å². The second kappa shape index (κ2) is 4.44. The van der Waals surface area contributed by atoms with E-state index in [4.69, 9.17) is 10.5 Å². The molecule has 1 fully saturated rings. The molecule has 1 heterocycles. The molecule has 0 aromatic carbocycles. The van der Waals surface area contributed by atoms with E-state index in [9.17, 15) is 0 Å². The molecule has 0 bridgehead atoms. The first-order valence-electron chi connectivity index (χ1n) is 5.14. The lowest BCUT2D eigenvalue weighted by atomic mass is 10.4. The molecular formula is C10H16N4O. The first-order valence-corrected chi connectivity index (χ1v) is 5.14. The average molecular weight is 208 g/mol.